The predicted octanol–water partition coefficient (Wildman–Crippen LogP) is 8.68. The topological polar surface area (TPSA) is 0 Å². The van der Waals surface area contributed by atoms with E-state index in [9.17, 15) is 0 Å². The van der Waals surface area contributed by atoms with E-state index in [0.29, 0.717) is 5.92 Å². The summed E-state index contributed by atoms with van der Waals surface area (Å²) in [5.74, 6) is 0.545. The molecule has 0 aromatic heterocycles. The van der Waals surface area contributed by atoms with Gasteiger partial charge >= 0.3 is 0 Å². The Morgan fingerprint density at radius 3 is 2.26 bits per heavy atom. The third-order valence-electron chi connectivity index (χ3n) is 5.90. The molecule has 27 heavy (non-hydrogen) atoms. The van der Waals surface area contributed by atoms with E-state index in [2.05, 4.69) is 85.6 Å². The van der Waals surface area contributed by atoms with Crippen LogP contribution in [0.25, 0.3) is 0 Å². The summed E-state index contributed by atoms with van der Waals surface area (Å²) < 4.78 is 0. The molecule has 0 aromatic carbocycles. The van der Waals surface area contributed by atoms with E-state index in [0.717, 1.165) is 12.8 Å². The minimum absolute atomic E-state index is 0.150. The minimum Gasteiger partial charge on any atom is -0.0984 e. The van der Waals surface area contributed by atoms with E-state index >= 15 is 0 Å². The Labute approximate surface area is 168 Å². The Balaban J connectivity index is 2.91. The molecule has 0 aliphatic heterocycles. The van der Waals surface area contributed by atoms with E-state index in [4.69, 9.17) is 0 Å². The highest BCUT2D eigenvalue weighted by atomic mass is 14.2. The van der Waals surface area contributed by atoms with Gasteiger partial charge in [0.15, 0.2) is 0 Å². The van der Waals surface area contributed by atoms with Crippen LogP contribution in [0.5, 0.6) is 0 Å². The van der Waals surface area contributed by atoms with Crippen molar-refractivity contribution < 1.29 is 0 Å². The molecule has 1 aliphatic rings. The summed E-state index contributed by atoms with van der Waals surface area (Å²) in [5, 5.41) is 0. The largest absolute Gasteiger partial charge is 0.0984 e. The van der Waals surface area contributed by atoms with Gasteiger partial charge in [0.05, 0.1) is 0 Å². The zero-order valence-electron chi connectivity index (χ0n) is 18.6. The first-order valence-electron chi connectivity index (χ1n) is 10.5. The molecule has 0 fully saturated rings. The molecule has 0 amide bonds. The molecule has 0 nitrogen and oxygen atoms in total. The molecule has 1 unspecified atom stereocenters. The van der Waals surface area contributed by atoms with Crippen molar-refractivity contribution in [1.29, 1.82) is 0 Å². The molecule has 0 aromatic rings. The molecule has 0 heteroatoms. The van der Waals surface area contributed by atoms with Crippen LogP contribution < -0.4 is 0 Å². The van der Waals surface area contributed by atoms with Crippen LogP contribution in [0.15, 0.2) is 83.6 Å². The van der Waals surface area contributed by atoms with E-state index in [1.165, 1.54) is 52.7 Å². The molecule has 0 spiro atoms. The van der Waals surface area contributed by atoms with Crippen LogP contribution in [0.1, 0.15) is 73.6 Å². The van der Waals surface area contributed by atoms with Crippen molar-refractivity contribution in [2.24, 2.45) is 11.3 Å². The van der Waals surface area contributed by atoms with Crippen molar-refractivity contribution in [3.8, 4) is 0 Å². The van der Waals surface area contributed by atoms with Gasteiger partial charge in [0.2, 0.25) is 0 Å². The Morgan fingerprint density at radius 2 is 1.70 bits per heavy atom. The Kier molecular flexibility index (Phi) is 9.03. The zero-order chi connectivity index (χ0) is 20.6. The second-order valence-corrected chi connectivity index (χ2v) is 8.56. The minimum atomic E-state index is 0.150. The maximum atomic E-state index is 4.32. The summed E-state index contributed by atoms with van der Waals surface area (Å²) in [6, 6.07) is 0. The van der Waals surface area contributed by atoms with Crippen LogP contribution in [0.3, 0.4) is 0 Å². The smallest absolute Gasteiger partial charge is 0.00169 e. The number of rotatable bonds is 11. The van der Waals surface area contributed by atoms with Gasteiger partial charge in [0, 0.05) is 0 Å². The van der Waals surface area contributed by atoms with Crippen molar-refractivity contribution >= 4 is 0 Å². The van der Waals surface area contributed by atoms with Crippen LogP contribution in [0.2, 0.25) is 0 Å². The molecule has 0 saturated carbocycles. The summed E-state index contributed by atoms with van der Waals surface area (Å²) in [6.07, 6.45) is 16.6. The fraction of sp³-hybridized carbons (Fsp3) is 0.481. The van der Waals surface area contributed by atoms with Gasteiger partial charge in [0.25, 0.3) is 0 Å². The molecule has 148 valence electrons. The lowest BCUT2D eigenvalue weighted by molar-refractivity contribution is 0.413. The van der Waals surface area contributed by atoms with Gasteiger partial charge in [-0.05, 0) is 65.4 Å². The first kappa shape index (κ1) is 23.2. The van der Waals surface area contributed by atoms with E-state index in [1.807, 2.05) is 6.08 Å². The fourth-order valence-electron chi connectivity index (χ4n) is 3.67. The molecule has 1 aliphatic carbocycles. The standard InChI is InChI=1S/C27H40/c1-10-13-20(4)21(5)14-16-24-19-25(26(12-3)23(24)7)17-15-22(6)27(8,9)18-11-2/h12,14-17,20H,3,5-6,10-11,13,18-19H2,1-2,4,7-9H3/b16-14-,17-15-. The average molecular weight is 365 g/mol. The van der Waals surface area contributed by atoms with Gasteiger partial charge in [-0.25, -0.2) is 0 Å². The molecule has 0 radical (unpaired) electrons. The van der Waals surface area contributed by atoms with Gasteiger partial charge in [-0.3, -0.25) is 0 Å². The molecular formula is C27H40. The van der Waals surface area contributed by atoms with E-state index in [1.54, 1.807) is 0 Å². The van der Waals surface area contributed by atoms with Crippen LogP contribution in [0, 0.1) is 11.3 Å². The van der Waals surface area contributed by atoms with Gasteiger partial charge in [-0.2, -0.15) is 0 Å². The number of hydrogen-bond donors (Lipinski definition) is 0. The third-order valence-corrected chi connectivity index (χ3v) is 5.90. The van der Waals surface area contributed by atoms with Gasteiger partial charge in [-0.15, -0.1) is 0 Å². The third kappa shape index (κ3) is 6.38. The molecule has 0 N–H and O–H groups in total. The summed E-state index contributed by atoms with van der Waals surface area (Å²) in [6.45, 7) is 26.1. The molecule has 0 heterocycles. The summed E-state index contributed by atoms with van der Waals surface area (Å²) in [7, 11) is 0. The summed E-state index contributed by atoms with van der Waals surface area (Å²) >= 11 is 0. The summed E-state index contributed by atoms with van der Waals surface area (Å²) in [5.41, 5.74) is 7.86. The number of allylic oxidation sites excluding steroid dienone is 11. The molecular weight excluding hydrogens is 324 g/mol. The summed E-state index contributed by atoms with van der Waals surface area (Å²) in [4.78, 5) is 0. The van der Waals surface area contributed by atoms with Crippen LogP contribution in [-0.4, -0.2) is 0 Å². The molecule has 1 atom stereocenters. The second-order valence-electron chi connectivity index (χ2n) is 8.56. The molecule has 0 bridgehead atoms. The fourth-order valence-corrected chi connectivity index (χ4v) is 3.67. The van der Waals surface area contributed by atoms with E-state index < -0.39 is 0 Å². The monoisotopic (exact) mass is 364 g/mol. The Bertz CT molecular complexity index is 686. The zero-order valence-corrected chi connectivity index (χ0v) is 18.6. The van der Waals surface area contributed by atoms with Gasteiger partial charge in [0.1, 0.15) is 0 Å². The quantitative estimate of drug-likeness (QED) is 0.322. The first-order chi connectivity index (χ1) is 12.7. The van der Waals surface area contributed by atoms with Crippen LogP contribution >= 0.6 is 0 Å². The van der Waals surface area contributed by atoms with Crippen LogP contribution in [0.4, 0.5) is 0 Å². The maximum absolute atomic E-state index is 4.32. The Hall–Kier alpha value is -1.82. The molecule has 1 rings (SSSR count). The SMILES string of the molecule is C=CC1=C(/C=C\C(=C)C(C)(C)CCC)CC(/C=C\C(=C)C(C)CCC)=C1C. The van der Waals surface area contributed by atoms with Crippen molar-refractivity contribution in [3.63, 3.8) is 0 Å². The maximum Gasteiger partial charge on any atom is -0.00169 e. The van der Waals surface area contributed by atoms with Gasteiger partial charge in [-0.1, -0.05) is 103 Å². The van der Waals surface area contributed by atoms with Crippen LogP contribution in [-0.2, 0) is 0 Å². The average Bonchev–Trinajstić information content (AvgIpc) is 2.92. The highest BCUT2D eigenvalue weighted by Crippen LogP contribution is 2.36. The lowest BCUT2D eigenvalue weighted by Gasteiger charge is -2.24. The molecule has 0 saturated heterocycles. The van der Waals surface area contributed by atoms with Crippen molar-refractivity contribution in [2.75, 3.05) is 0 Å². The highest BCUT2D eigenvalue weighted by molar-refractivity contribution is 5.58. The van der Waals surface area contributed by atoms with Crippen molar-refractivity contribution in [1.82, 2.24) is 0 Å². The second kappa shape index (κ2) is 10.5. The van der Waals surface area contributed by atoms with E-state index in [-0.39, 0.29) is 5.41 Å². The first-order valence-corrected chi connectivity index (χ1v) is 10.5. The van der Waals surface area contributed by atoms with Crippen molar-refractivity contribution in [3.05, 3.63) is 83.6 Å². The lowest BCUT2D eigenvalue weighted by atomic mass is 9.80. The van der Waals surface area contributed by atoms with Crippen molar-refractivity contribution in [2.45, 2.75) is 73.6 Å². The lowest BCUT2D eigenvalue weighted by Crippen LogP contribution is -2.12. The highest BCUT2D eigenvalue weighted by Gasteiger charge is 2.20. The normalized spacial score (nSPS) is 16.7. The predicted molar refractivity (Wildman–Crippen MR) is 124 cm³/mol. The number of hydrogen-bond acceptors (Lipinski definition) is 0. The van der Waals surface area contributed by atoms with Gasteiger partial charge < -0.3 is 0 Å². The Morgan fingerprint density at radius 1 is 1.07 bits per heavy atom.